The zero-order chi connectivity index (χ0) is 12.4. The van der Waals surface area contributed by atoms with Gasteiger partial charge in [0.1, 0.15) is 0 Å². The average Bonchev–Trinajstić information content (AvgIpc) is 2.82. The molecule has 2 aromatic rings. The number of aryl methyl sites for hydroxylation is 1. The van der Waals surface area contributed by atoms with Gasteiger partial charge < -0.3 is 5.32 Å². The Labute approximate surface area is 117 Å². The van der Waals surface area contributed by atoms with Crippen molar-refractivity contribution in [1.29, 1.82) is 0 Å². The highest BCUT2D eigenvalue weighted by Crippen LogP contribution is 2.31. The molecule has 2 heterocycles. The Bertz CT molecular complexity index is 533. The van der Waals surface area contributed by atoms with Crippen molar-refractivity contribution in [3.8, 4) is 0 Å². The maximum atomic E-state index is 3.71. The smallest absolute Gasteiger partial charge is 0.0417 e. The fourth-order valence-electron chi connectivity index (χ4n) is 2.35. The van der Waals surface area contributed by atoms with Crippen LogP contribution in [-0.2, 0) is 12.3 Å². The fraction of sp³-hybridized carbons (Fsp3) is 0.333. The van der Waals surface area contributed by atoms with E-state index in [1.165, 1.54) is 28.0 Å². The molecule has 94 valence electrons. The van der Waals surface area contributed by atoms with Crippen LogP contribution in [0.25, 0.3) is 0 Å². The van der Waals surface area contributed by atoms with Gasteiger partial charge in [0.05, 0.1) is 0 Å². The Hall–Kier alpha value is -0.770. The van der Waals surface area contributed by atoms with Crippen molar-refractivity contribution in [2.45, 2.75) is 25.3 Å². The first-order chi connectivity index (χ1) is 8.84. The molecule has 0 saturated carbocycles. The van der Waals surface area contributed by atoms with Gasteiger partial charge >= 0.3 is 0 Å². The van der Waals surface area contributed by atoms with Gasteiger partial charge in [-0.3, -0.25) is 0 Å². The molecule has 0 fully saturated rings. The molecule has 1 aromatic carbocycles. The highest BCUT2D eigenvalue weighted by molar-refractivity contribution is 7.98. The van der Waals surface area contributed by atoms with E-state index < -0.39 is 0 Å². The van der Waals surface area contributed by atoms with Crippen molar-refractivity contribution in [1.82, 2.24) is 5.32 Å². The summed E-state index contributed by atoms with van der Waals surface area (Å²) in [4.78, 5) is 0. The molecule has 18 heavy (non-hydrogen) atoms. The molecule has 1 unspecified atom stereocenters. The first-order valence-corrected chi connectivity index (χ1v) is 8.35. The van der Waals surface area contributed by atoms with Crippen LogP contribution in [0.2, 0.25) is 0 Å². The molecule has 3 heteroatoms. The van der Waals surface area contributed by atoms with Crippen LogP contribution in [-0.4, -0.2) is 5.75 Å². The van der Waals surface area contributed by atoms with Crippen LogP contribution in [0.3, 0.4) is 0 Å². The summed E-state index contributed by atoms with van der Waals surface area (Å²) >= 11 is 3.82. The summed E-state index contributed by atoms with van der Waals surface area (Å²) < 4.78 is 0. The number of rotatable bonds is 3. The number of benzene rings is 1. The first-order valence-electron chi connectivity index (χ1n) is 6.25. The van der Waals surface area contributed by atoms with E-state index in [1.54, 1.807) is 11.3 Å². The number of thiophene rings is 1. The summed E-state index contributed by atoms with van der Waals surface area (Å²) in [6.07, 6.45) is 0. The van der Waals surface area contributed by atoms with Crippen LogP contribution < -0.4 is 5.32 Å². The van der Waals surface area contributed by atoms with Gasteiger partial charge in [0, 0.05) is 24.1 Å². The monoisotopic (exact) mass is 275 g/mol. The molecular weight excluding hydrogens is 258 g/mol. The van der Waals surface area contributed by atoms with Crippen LogP contribution in [0.5, 0.6) is 0 Å². The molecule has 1 aromatic heterocycles. The standard InChI is InChI=1S/C15H17NS2/c1-11-7-17-9-13(11)6-16-15-10-18-8-12-4-2-3-5-14(12)15/h2-5,7,9,15-16H,6,8,10H2,1H3. The van der Waals surface area contributed by atoms with E-state index in [9.17, 15) is 0 Å². The summed E-state index contributed by atoms with van der Waals surface area (Å²) in [5.41, 5.74) is 5.83. The minimum atomic E-state index is 0.499. The van der Waals surface area contributed by atoms with Crippen molar-refractivity contribution < 1.29 is 0 Å². The van der Waals surface area contributed by atoms with Crippen LogP contribution in [0.1, 0.15) is 28.3 Å². The second-order valence-electron chi connectivity index (χ2n) is 4.73. The molecule has 1 nitrogen and oxygen atoms in total. The molecule has 0 bridgehead atoms. The first kappa shape index (κ1) is 12.3. The molecule has 1 aliphatic heterocycles. The third-order valence-corrected chi connectivity index (χ3v) is 5.47. The summed E-state index contributed by atoms with van der Waals surface area (Å²) in [5, 5.41) is 8.18. The Morgan fingerprint density at radius 3 is 3.00 bits per heavy atom. The Morgan fingerprint density at radius 1 is 1.28 bits per heavy atom. The minimum absolute atomic E-state index is 0.499. The number of nitrogens with one attached hydrogen (secondary N) is 1. The van der Waals surface area contributed by atoms with E-state index in [0.29, 0.717) is 6.04 Å². The van der Waals surface area contributed by atoms with Crippen molar-refractivity contribution in [2.24, 2.45) is 0 Å². The molecule has 1 N–H and O–H groups in total. The van der Waals surface area contributed by atoms with Gasteiger partial charge in [-0.2, -0.15) is 23.1 Å². The van der Waals surface area contributed by atoms with Crippen LogP contribution in [0, 0.1) is 6.92 Å². The normalized spacial score (nSPS) is 18.6. The second kappa shape index (κ2) is 5.47. The minimum Gasteiger partial charge on any atom is -0.305 e. The molecule has 0 spiro atoms. The lowest BCUT2D eigenvalue weighted by Gasteiger charge is -2.26. The molecule has 0 amide bonds. The van der Waals surface area contributed by atoms with Crippen LogP contribution in [0.15, 0.2) is 35.0 Å². The van der Waals surface area contributed by atoms with E-state index in [1.807, 2.05) is 11.8 Å². The van der Waals surface area contributed by atoms with E-state index in [-0.39, 0.29) is 0 Å². The quantitative estimate of drug-likeness (QED) is 0.903. The lowest BCUT2D eigenvalue weighted by Crippen LogP contribution is -2.26. The molecule has 0 radical (unpaired) electrons. The third kappa shape index (κ3) is 2.48. The summed E-state index contributed by atoms with van der Waals surface area (Å²) in [6, 6.07) is 9.32. The number of thioether (sulfide) groups is 1. The Kier molecular flexibility index (Phi) is 3.73. The molecule has 0 saturated heterocycles. The summed E-state index contributed by atoms with van der Waals surface area (Å²) in [7, 11) is 0. The van der Waals surface area contributed by atoms with Crippen LogP contribution >= 0.6 is 23.1 Å². The van der Waals surface area contributed by atoms with E-state index in [2.05, 4.69) is 47.3 Å². The van der Waals surface area contributed by atoms with Gasteiger partial charge in [-0.25, -0.2) is 0 Å². The lowest BCUT2D eigenvalue weighted by molar-refractivity contribution is 0.575. The largest absolute Gasteiger partial charge is 0.305 e. The second-order valence-corrected chi connectivity index (χ2v) is 6.50. The zero-order valence-corrected chi connectivity index (χ0v) is 12.1. The van der Waals surface area contributed by atoms with Crippen LogP contribution in [0.4, 0.5) is 0 Å². The van der Waals surface area contributed by atoms with E-state index in [0.717, 1.165) is 12.3 Å². The number of hydrogen-bond acceptors (Lipinski definition) is 3. The topological polar surface area (TPSA) is 12.0 Å². The maximum Gasteiger partial charge on any atom is 0.0417 e. The molecule has 1 aliphatic rings. The van der Waals surface area contributed by atoms with Crippen molar-refractivity contribution in [2.75, 3.05) is 5.75 Å². The molecule has 1 atom stereocenters. The van der Waals surface area contributed by atoms with Gasteiger partial charge in [-0.1, -0.05) is 24.3 Å². The fourth-order valence-corrected chi connectivity index (χ4v) is 4.34. The van der Waals surface area contributed by atoms with Crippen molar-refractivity contribution in [3.63, 3.8) is 0 Å². The van der Waals surface area contributed by atoms with Gasteiger partial charge in [0.25, 0.3) is 0 Å². The molecule has 0 aliphatic carbocycles. The highest BCUT2D eigenvalue weighted by atomic mass is 32.2. The molecule has 3 rings (SSSR count). The lowest BCUT2D eigenvalue weighted by atomic mass is 10.0. The van der Waals surface area contributed by atoms with Gasteiger partial charge in [0.2, 0.25) is 0 Å². The number of fused-ring (bicyclic) bond motifs is 1. The van der Waals surface area contributed by atoms with Gasteiger partial charge in [-0.15, -0.1) is 0 Å². The third-order valence-electron chi connectivity index (χ3n) is 3.47. The maximum absolute atomic E-state index is 3.71. The zero-order valence-electron chi connectivity index (χ0n) is 10.5. The number of hydrogen-bond donors (Lipinski definition) is 1. The van der Waals surface area contributed by atoms with Gasteiger partial charge in [-0.05, 0) is 39.9 Å². The summed E-state index contributed by atoms with van der Waals surface area (Å²) in [5.74, 6) is 2.34. The van der Waals surface area contributed by atoms with Crippen molar-refractivity contribution in [3.05, 3.63) is 57.3 Å². The SMILES string of the molecule is Cc1cscc1CNC1CSCc2ccccc21. The predicted octanol–water partition coefficient (Wildman–Crippen LogP) is 4.13. The van der Waals surface area contributed by atoms with Crippen molar-refractivity contribution >= 4 is 23.1 Å². The highest BCUT2D eigenvalue weighted by Gasteiger charge is 2.19. The van der Waals surface area contributed by atoms with E-state index >= 15 is 0 Å². The summed E-state index contributed by atoms with van der Waals surface area (Å²) in [6.45, 7) is 3.17. The Balaban J connectivity index is 1.73. The Morgan fingerprint density at radius 2 is 2.17 bits per heavy atom. The predicted molar refractivity (Wildman–Crippen MR) is 81.2 cm³/mol. The average molecular weight is 275 g/mol. The van der Waals surface area contributed by atoms with Gasteiger partial charge in [0.15, 0.2) is 0 Å². The molecular formula is C15H17NS2. The van der Waals surface area contributed by atoms with E-state index in [4.69, 9.17) is 0 Å².